The normalized spacial score (nSPS) is 28.7. The molecule has 0 atom stereocenters. The van der Waals surface area contributed by atoms with E-state index in [9.17, 15) is 4.79 Å². The van der Waals surface area contributed by atoms with Crippen LogP contribution in [0.25, 0.3) is 0 Å². The van der Waals surface area contributed by atoms with E-state index in [1.807, 2.05) is 0 Å². The predicted molar refractivity (Wildman–Crippen MR) is 127 cm³/mol. The molecule has 3 rings (SSSR count). The highest BCUT2D eigenvalue weighted by molar-refractivity contribution is 5.79. The number of rotatable bonds is 4. The molecular weight excluding hydrogens is 370 g/mol. The van der Waals surface area contributed by atoms with Crippen LogP contribution in [-0.4, -0.2) is 72.0 Å². The summed E-state index contributed by atoms with van der Waals surface area (Å²) >= 11 is 0. The van der Waals surface area contributed by atoms with Crippen molar-refractivity contribution in [3.8, 4) is 0 Å². The van der Waals surface area contributed by atoms with Crippen LogP contribution >= 0.6 is 0 Å². The van der Waals surface area contributed by atoms with E-state index in [2.05, 4.69) is 56.2 Å². The zero-order valence-corrected chi connectivity index (χ0v) is 20.9. The van der Waals surface area contributed by atoms with Crippen LogP contribution < -0.4 is 0 Å². The lowest BCUT2D eigenvalue weighted by atomic mass is 9.69. The lowest BCUT2D eigenvalue weighted by Crippen LogP contribution is -2.51. The molecule has 4 nitrogen and oxygen atoms in total. The monoisotopic (exact) mass is 419 g/mol. The van der Waals surface area contributed by atoms with Gasteiger partial charge in [-0.3, -0.25) is 14.6 Å². The number of piperidine rings is 1. The first-order valence-corrected chi connectivity index (χ1v) is 12.8. The molecule has 2 aliphatic heterocycles. The van der Waals surface area contributed by atoms with Gasteiger partial charge < -0.3 is 4.90 Å². The summed E-state index contributed by atoms with van der Waals surface area (Å²) in [6.45, 7) is 21.8. The van der Waals surface area contributed by atoms with Gasteiger partial charge in [0.2, 0.25) is 5.91 Å². The largest absolute Gasteiger partial charge is 0.340 e. The number of likely N-dealkylation sites (tertiary alicyclic amines) is 1. The van der Waals surface area contributed by atoms with Crippen molar-refractivity contribution in [2.75, 3.05) is 45.8 Å². The van der Waals surface area contributed by atoms with Gasteiger partial charge in [0, 0.05) is 37.6 Å². The van der Waals surface area contributed by atoms with Crippen LogP contribution in [0, 0.1) is 23.2 Å². The van der Waals surface area contributed by atoms with Crippen molar-refractivity contribution in [3.05, 3.63) is 0 Å². The fourth-order valence-electron chi connectivity index (χ4n) is 5.91. The number of amides is 1. The van der Waals surface area contributed by atoms with Gasteiger partial charge in [0.15, 0.2) is 0 Å². The fourth-order valence-corrected chi connectivity index (χ4v) is 5.91. The maximum Gasteiger partial charge on any atom is 0.225 e. The van der Waals surface area contributed by atoms with Crippen molar-refractivity contribution in [2.45, 2.75) is 92.0 Å². The van der Waals surface area contributed by atoms with E-state index in [-0.39, 0.29) is 0 Å². The van der Waals surface area contributed by atoms with Crippen LogP contribution in [0.3, 0.4) is 0 Å². The van der Waals surface area contributed by atoms with Gasteiger partial charge in [0.05, 0.1) is 0 Å². The van der Waals surface area contributed by atoms with Crippen molar-refractivity contribution in [3.63, 3.8) is 0 Å². The molecule has 3 fully saturated rings. The molecule has 0 aromatic heterocycles. The van der Waals surface area contributed by atoms with Crippen LogP contribution in [0.1, 0.15) is 86.5 Å². The molecule has 1 saturated carbocycles. The molecule has 3 aliphatic rings. The van der Waals surface area contributed by atoms with Gasteiger partial charge in [0.1, 0.15) is 0 Å². The van der Waals surface area contributed by atoms with Crippen molar-refractivity contribution >= 4 is 5.91 Å². The van der Waals surface area contributed by atoms with Gasteiger partial charge in [0.25, 0.3) is 0 Å². The number of carbonyl (C=O) groups is 1. The Hall–Kier alpha value is -0.610. The molecule has 0 aromatic carbocycles. The number of hydrogen-bond acceptors (Lipinski definition) is 3. The van der Waals surface area contributed by atoms with E-state index in [1.165, 1.54) is 51.7 Å². The van der Waals surface area contributed by atoms with Crippen molar-refractivity contribution < 1.29 is 4.79 Å². The predicted octanol–water partition coefficient (Wildman–Crippen LogP) is 4.88. The average molecular weight is 420 g/mol. The Balaban J connectivity index is 1.33. The minimum absolute atomic E-state index is 0.295. The molecule has 4 heteroatoms. The third kappa shape index (κ3) is 6.45. The molecule has 2 heterocycles. The molecule has 0 spiro atoms. The quantitative estimate of drug-likeness (QED) is 0.649. The van der Waals surface area contributed by atoms with Crippen LogP contribution in [0.5, 0.6) is 0 Å². The highest BCUT2D eigenvalue weighted by Gasteiger charge is 2.35. The van der Waals surface area contributed by atoms with Crippen LogP contribution in [0.2, 0.25) is 0 Å². The Morgan fingerprint density at radius 3 is 1.83 bits per heavy atom. The van der Waals surface area contributed by atoms with E-state index >= 15 is 0 Å². The van der Waals surface area contributed by atoms with Crippen molar-refractivity contribution in [2.24, 2.45) is 23.2 Å². The first-order chi connectivity index (χ1) is 14.0. The van der Waals surface area contributed by atoms with Gasteiger partial charge in [-0.1, -0.05) is 20.8 Å². The van der Waals surface area contributed by atoms with E-state index in [0.29, 0.717) is 22.8 Å². The summed E-state index contributed by atoms with van der Waals surface area (Å²) in [5.41, 5.74) is 0.711. The molecular formula is C26H49N3O. The fraction of sp³-hybridized carbons (Fsp3) is 0.962. The van der Waals surface area contributed by atoms with Crippen molar-refractivity contribution in [1.82, 2.24) is 14.7 Å². The smallest absolute Gasteiger partial charge is 0.225 e. The number of carbonyl (C=O) groups excluding carboxylic acids is 1. The zero-order chi connectivity index (χ0) is 21.9. The minimum atomic E-state index is 0.295. The molecule has 0 radical (unpaired) electrons. The summed E-state index contributed by atoms with van der Waals surface area (Å²) in [5, 5.41) is 0. The SMILES string of the molecule is CC(C)(C)C1CCC(C(=O)N2CCN(CCC3CCN(C(C)(C)C)CC3)CC2)CC1. The van der Waals surface area contributed by atoms with Crippen molar-refractivity contribution in [1.29, 1.82) is 0 Å². The molecule has 1 aliphatic carbocycles. The van der Waals surface area contributed by atoms with E-state index in [0.717, 1.165) is 50.9 Å². The molecule has 0 bridgehead atoms. The average Bonchev–Trinajstić information content (AvgIpc) is 2.71. The van der Waals surface area contributed by atoms with E-state index < -0.39 is 0 Å². The minimum Gasteiger partial charge on any atom is -0.340 e. The van der Waals surface area contributed by atoms with Crippen LogP contribution in [-0.2, 0) is 4.79 Å². The molecule has 30 heavy (non-hydrogen) atoms. The lowest BCUT2D eigenvalue weighted by molar-refractivity contribution is -0.139. The standard InChI is InChI=1S/C26H49N3O/c1-25(2,3)23-9-7-22(8-10-23)24(30)28-19-17-27(18-20-28)14-11-21-12-15-29(16-13-21)26(4,5)6/h21-23H,7-20H2,1-6H3. The highest BCUT2D eigenvalue weighted by Crippen LogP contribution is 2.40. The summed E-state index contributed by atoms with van der Waals surface area (Å²) in [5.74, 6) is 2.43. The van der Waals surface area contributed by atoms with Crippen LogP contribution in [0.15, 0.2) is 0 Å². The number of nitrogens with zero attached hydrogens (tertiary/aromatic N) is 3. The second kappa shape index (κ2) is 9.90. The van der Waals surface area contributed by atoms with Gasteiger partial charge in [-0.15, -0.1) is 0 Å². The molecule has 2 saturated heterocycles. The lowest BCUT2D eigenvalue weighted by Gasteiger charge is -2.42. The van der Waals surface area contributed by atoms with Gasteiger partial charge in [-0.25, -0.2) is 0 Å². The third-order valence-corrected chi connectivity index (χ3v) is 8.40. The second-order valence-electron chi connectivity index (χ2n) is 12.5. The first kappa shape index (κ1) is 24.0. The Morgan fingerprint density at radius 2 is 1.33 bits per heavy atom. The first-order valence-electron chi connectivity index (χ1n) is 12.8. The summed E-state index contributed by atoms with van der Waals surface area (Å²) in [6, 6.07) is 0. The van der Waals surface area contributed by atoms with E-state index in [1.54, 1.807) is 0 Å². The third-order valence-electron chi connectivity index (χ3n) is 8.40. The molecule has 174 valence electrons. The zero-order valence-electron chi connectivity index (χ0n) is 20.9. The highest BCUT2D eigenvalue weighted by atomic mass is 16.2. The van der Waals surface area contributed by atoms with Gasteiger partial charge >= 0.3 is 0 Å². The number of piperazine rings is 1. The van der Waals surface area contributed by atoms with Gasteiger partial charge in [-0.2, -0.15) is 0 Å². The maximum atomic E-state index is 13.0. The maximum absolute atomic E-state index is 13.0. The van der Waals surface area contributed by atoms with Gasteiger partial charge in [-0.05, 0) is 103 Å². The molecule has 1 amide bonds. The second-order valence-corrected chi connectivity index (χ2v) is 12.5. The molecule has 0 unspecified atom stereocenters. The number of hydrogen-bond donors (Lipinski definition) is 0. The molecule has 0 N–H and O–H groups in total. The molecule has 0 aromatic rings. The van der Waals surface area contributed by atoms with Crippen LogP contribution in [0.4, 0.5) is 0 Å². The summed E-state index contributed by atoms with van der Waals surface area (Å²) < 4.78 is 0. The Morgan fingerprint density at radius 1 is 0.767 bits per heavy atom. The Kier molecular flexibility index (Phi) is 7.93. The summed E-state index contributed by atoms with van der Waals surface area (Å²) in [4.78, 5) is 20.5. The summed E-state index contributed by atoms with van der Waals surface area (Å²) in [7, 11) is 0. The topological polar surface area (TPSA) is 26.8 Å². The Labute approximate surface area is 186 Å². The summed E-state index contributed by atoms with van der Waals surface area (Å²) in [6.07, 6.45) is 8.72. The van der Waals surface area contributed by atoms with E-state index in [4.69, 9.17) is 0 Å². The Bertz CT molecular complexity index is 538.